The minimum atomic E-state index is -0.851. The molecule has 1 saturated heterocycles. The van der Waals surface area contributed by atoms with Gasteiger partial charge < -0.3 is 15.7 Å². The van der Waals surface area contributed by atoms with Gasteiger partial charge in [0.2, 0.25) is 0 Å². The van der Waals surface area contributed by atoms with Crippen molar-refractivity contribution < 1.29 is 9.90 Å². The Morgan fingerprint density at radius 3 is 2.82 bits per heavy atom. The molecular weight excluding hydrogens is 216 g/mol. The number of hydrogen-bond donors (Lipinski definition) is 3. The minimum Gasteiger partial charge on any atom is -0.478 e. The Balaban J connectivity index is 2.23. The lowest BCUT2D eigenvalue weighted by Crippen LogP contribution is -2.50. The van der Waals surface area contributed by atoms with Gasteiger partial charge in [0.05, 0.1) is 5.56 Å². The van der Waals surface area contributed by atoms with Crippen LogP contribution in [0.5, 0.6) is 0 Å². The molecule has 2 unspecified atom stereocenters. The molecule has 1 aliphatic rings. The summed E-state index contributed by atoms with van der Waals surface area (Å²) in [7, 11) is 0. The van der Waals surface area contributed by atoms with E-state index in [0.29, 0.717) is 11.6 Å². The Morgan fingerprint density at radius 2 is 2.18 bits per heavy atom. The van der Waals surface area contributed by atoms with Gasteiger partial charge in [-0.3, -0.25) is 0 Å². The van der Waals surface area contributed by atoms with E-state index in [1.165, 1.54) is 0 Å². The molecule has 0 bridgehead atoms. The molecule has 0 amide bonds. The first-order chi connectivity index (χ1) is 8.20. The van der Waals surface area contributed by atoms with Crippen molar-refractivity contribution >= 4 is 5.97 Å². The van der Waals surface area contributed by atoms with Crippen molar-refractivity contribution in [2.24, 2.45) is 0 Å². The van der Waals surface area contributed by atoms with E-state index in [9.17, 15) is 9.90 Å². The van der Waals surface area contributed by atoms with Gasteiger partial charge in [0, 0.05) is 25.7 Å². The van der Waals surface area contributed by atoms with Gasteiger partial charge in [-0.1, -0.05) is 25.1 Å². The third-order valence-corrected chi connectivity index (χ3v) is 3.36. The molecule has 1 heterocycles. The lowest BCUT2D eigenvalue weighted by molar-refractivity contribution is 0.0695. The van der Waals surface area contributed by atoms with Crippen LogP contribution in [-0.2, 0) is 0 Å². The van der Waals surface area contributed by atoms with Crippen LogP contribution in [0.25, 0.3) is 0 Å². The highest BCUT2D eigenvalue weighted by molar-refractivity contribution is 5.89. The van der Waals surface area contributed by atoms with E-state index in [1.807, 2.05) is 12.1 Å². The number of rotatable bonds is 3. The highest BCUT2D eigenvalue weighted by Gasteiger charge is 2.23. The van der Waals surface area contributed by atoms with E-state index < -0.39 is 5.97 Å². The summed E-state index contributed by atoms with van der Waals surface area (Å²) in [5.74, 6) is -0.661. The number of carboxylic acid groups (broad SMARTS) is 1. The number of nitrogens with one attached hydrogen (secondary N) is 2. The topological polar surface area (TPSA) is 61.4 Å². The van der Waals surface area contributed by atoms with E-state index in [1.54, 1.807) is 12.1 Å². The molecule has 4 heteroatoms. The normalized spacial score (nSPS) is 22.1. The largest absolute Gasteiger partial charge is 0.478 e. The highest BCUT2D eigenvalue weighted by atomic mass is 16.4. The van der Waals surface area contributed by atoms with Gasteiger partial charge in [-0.05, 0) is 17.5 Å². The standard InChI is InChI=1S/C13H18N2O2/c1-9(12-8-14-6-7-15-12)10-4-2-3-5-11(10)13(16)17/h2-5,9,12,14-15H,6-8H2,1H3,(H,16,17). The Labute approximate surface area is 101 Å². The first kappa shape index (κ1) is 12.1. The first-order valence-electron chi connectivity index (χ1n) is 5.96. The van der Waals surface area contributed by atoms with Crippen molar-refractivity contribution in [2.75, 3.05) is 19.6 Å². The van der Waals surface area contributed by atoms with Gasteiger partial charge in [0.25, 0.3) is 0 Å². The molecule has 2 rings (SSSR count). The molecule has 3 N–H and O–H groups in total. The van der Waals surface area contributed by atoms with Crippen LogP contribution < -0.4 is 10.6 Å². The summed E-state index contributed by atoms with van der Waals surface area (Å²) in [6, 6.07) is 7.54. The predicted octanol–water partition coefficient (Wildman–Crippen LogP) is 1.05. The van der Waals surface area contributed by atoms with E-state index in [-0.39, 0.29) is 5.92 Å². The summed E-state index contributed by atoms with van der Waals surface area (Å²) in [6.07, 6.45) is 0. The second kappa shape index (κ2) is 5.29. The summed E-state index contributed by atoms with van der Waals surface area (Å²) in [6.45, 7) is 4.87. The number of benzene rings is 1. The van der Waals surface area contributed by atoms with Crippen LogP contribution >= 0.6 is 0 Å². The van der Waals surface area contributed by atoms with Crippen LogP contribution in [0.15, 0.2) is 24.3 Å². The quantitative estimate of drug-likeness (QED) is 0.731. The zero-order chi connectivity index (χ0) is 12.3. The molecule has 1 aromatic carbocycles. The summed E-state index contributed by atoms with van der Waals surface area (Å²) in [5, 5.41) is 15.9. The van der Waals surface area contributed by atoms with Gasteiger partial charge >= 0.3 is 5.97 Å². The number of piperazine rings is 1. The summed E-state index contributed by atoms with van der Waals surface area (Å²) < 4.78 is 0. The van der Waals surface area contributed by atoms with Crippen LogP contribution in [0.2, 0.25) is 0 Å². The average Bonchev–Trinajstić information content (AvgIpc) is 2.39. The van der Waals surface area contributed by atoms with E-state index in [4.69, 9.17) is 0 Å². The van der Waals surface area contributed by atoms with Crippen molar-refractivity contribution in [3.63, 3.8) is 0 Å². The maximum absolute atomic E-state index is 11.2. The zero-order valence-electron chi connectivity index (χ0n) is 9.94. The third-order valence-electron chi connectivity index (χ3n) is 3.36. The first-order valence-corrected chi connectivity index (χ1v) is 5.96. The summed E-state index contributed by atoms with van der Waals surface area (Å²) in [4.78, 5) is 11.2. The second-order valence-corrected chi connectivity index (χ2v) is 4.45. The molecule has 1 aliphatic heterocycles. The monoisotopic (exact) mass is 234 g/mol. The van der Waals surface area contributed by atoms with Crippen LogP contribution in [0, 0.1) is 0 Å². The Kier molecular flexibility index (Phi) is 3.76. The molecule has 1 fully saturated rings. The molecule has 0 aromatic heterocycles. The molecule has 0 radical (unpaired) electrons. The molecule has 0 spiro atoms. The minimum absolute atomic E-state index is 0.190. The van der Waals surface area contributed by atoms with Crippen molar-refractivity contribution in [3.05, 3.63) is 35.4 Å². The molecule has 2 atom stereocenters. The van der Waals surface area contributed by atoms with Crippen molar-refractivity contribution in [2.45, 2.75) is 18.9 Å². The van der Waals surface area contributed by atoms with Crippen molar-refractivity contribution in [3.8, 4) is 0 Å². The third kappa shape index (κ3) is 2.65. The van der Waals surface area contributed by atoms with E-state index >= 15 is 0 Å². The molecule has 0 aliphatic carbocycles. The lowest BCUT2D eigenvalue weighted by atomic mass is 9.89. The Hall–Kier alpha value is -1.39. The van der Waals surface area contributed by atoms with Crippen LogP contribution in [0.3, 0.4) is 0 Å². The lowest BCUT2D eigenvalue weighted by Gasteiger charge is -2.30. The number of carboxylic acids is 1. The fraction of sp³-hybridized carbons (Fsp3) is 0.462. The van der Waals surface area contributed by atoms with Crippen LogP contribution in [0.4, 0.5) is 0 Å². The van der Waals surface area contributed by atoms with Crippen LogP contribution in [0.1, 0.15) is 28.8 Å². The second-order valence-electron chi connectivity index (χ2n) is 4.45. The van der Waals surface area contributed by atoms with Gasteiger partial charge in [0.1, 0.15) is 0 Å². The maximum atomic E-state index is 11.2. The molecule has 92 valence electrons. The van der Waals surface area contributed by atoms with Gasteiger partial charge in [-0.2, -0.15) is 0 Å². The molecule has 17 heavy (non-hydrogen) atoms. The fourth-order valence-corrected chi connectivity index (χ4v) is 2.33. The predicted molar refractivity (Wildman–Crippen MR) is 66.5 cm³/mol. The van der Waals surface area contributed by atoms with Gasteiger partial charge in [-0.25, -0.2) is 4.79 Å². The van der Waals surface area contributed by atoms with E-state index in [0.717, 1.165) is 25.2 Å². The number of hydrogen-bond acceptors (Lipinski definition) is 3. The summed E-state index contributed by atoms with van der Waals surface area (Å²) >= 11 is 0. The SMILES string of the molecule is CC(c1ccccc1C(=O)O)C1CNCCN1. The molecule has 4 nitrogen and oxygen atoms in total. The smallest absolute Gasteiger partial charge is 0.335 e. The fourth-order valence-electron chi connectivity index (χ4n) is 2.33. The zero-order valence-corrected chi connectivity index (χ0v) is 9.94. The molecule has 1 aromatic rings. The van der Waals surface area contributed by atoms with Crippen molar-refractivity contribution in [1.29, 1.82) is 0 Å². The van der Waals surface area contributed by atoms with Crippen LogP contribution in [-0.4, -0.2) is 36.8 Å². The van der Waals surface area contributed by atoms with Gasteiger partial charge in [-0.15, -0.1) is 0 Å². The molecular formula is C13H18N2O2. The average molecular weight is 234 g/mol. The number of aromatic carboxylic acids is 1. The Bertz CT molecular complexity index is 400. The van der Waals surface area contributed by atoms with Gasteiger partial charge in [0.15, 0.2) is 0 Å². The molecule has 0 saturated carbocycles. The van der Waals surface area contributed by atoms with E-state index in [2.05, 4.69) is 17.6 Å². The summed E-state index contributed by atoms with van der Waals surface area (Å²) in [5.41, 5.74) is 1.31. The van der Waals surface area contributed by atoms with Crippen molar-refractivity contribution in [1.82, 2.24) is 10.6 Å². The maximum Gasteiger partial charge on any atom is 0.335 e. The highest BCUT2D eigenvalue weighted by Crippen LogP contribution is 2.23. The Morgan fingerprint density at radius 1 is 1.41 bits per heavy atom. The number of carbonyl (C=O) groups is 1.